The fourth-order valence-electron chi connectivity index (χ4n) is 2.19. The maximum absolute atomic E-state index is 12.7. The number of morpholine rings is 1. The van der Waals surface area contributed by atoms with Gasteiger partial charge in [-0.25, -0.2) is 0 Å². The van der Waals surface area contributed by atoms with E-state index in [1.54, 1.807) is 0 Å². The summed E-state index contributed by atoms with van der Waals surface area (Å²) in [5.41, 5.74) is 0. The molecule has 0 bridgehead atoms. The smallest absolute Gasteiger partial charge is 0.434 e. The van der Waals surface area contributed by atoms with Gasteiger partial charge in [0, 0.05) is 13.1 Å². The SMILES string of the molecule is FC(F)(F)C(Oc1nc(OC(C(F)(F)F)C(F)(F)F)nc(N2CCOCC2)n1)C(F)(F)F. The zero-order valence-electron chi connectivity index (χ0n) is 15.0. The first-order valence-electron chi connectivity index (χ1n) is 8.08. The van der Waals surface area contributed by atoms with Gasteiger partial charge in [0.1, 0.15) is 0 Å². The Bertz CT molecular complexity index is 693. The molecule has 184 valence electrons. The van der Waals surface area contributed by atoms with Crippen molar-refractivity contribution in [2.45, 2.75) is 36.9 Å². The van der Waals surface area contributed by atoms with E-state index in [1.165, 1.54) is 0 Å². The Morgan fingerprint density at radius 2 is 0.969 bits per heavy atom. The number of aromatic nitrogens is 3. The van der Waals surface area contributed by atoms with Gasteiger partial charge in [0.15, 0.2) is 0 Å². The van der Waals surface area contributed by atoms with Crippen molar-refractivity contribution in [3.05, 3.63) is 0 Å². The van der Waals surface area contributed by atoms with E-state index in [2.05, 4.69) is 24.4 Å². The monoisotopic (exact) mass is 498 g/mol. The molecule has 1 aromatic heterocycles. The maximum Gasteiger partial charge on any atom is 0.434 e. The molecule has 7 nitrogen and oxygen atoms in total. The Kier molecular flexibility index (Phi) is 7.10. The third kappa shape index (κ3) is 6.76. The molecule has 32 heavy (non-hydrogen) atoms. The summed E-state index contributed by atoms with van der Waals surface area (Å²) in [5, 5.41) is 0. The van der Waals surface area contributed by atoms with Gasteiger partial charge in [-0.3, -0.25) is 0 Å². The van der Waals surface area contributed by atoms with E-state index in [1.807, 2.05) is 0 Å². The van der Waals surface area contributed by atoms with E-state index < -0.39 is 54.9 Å². The first-order chi connectivity index (χ1) is 14.4. The van der Waals surface area contributed by atoms with Gasteiger partial charge >= 0.3 is 36.7 Å². The fourth-order valence-corrected chi connectivity index (χ4v) is 2.19. The summed E-state index contributed by atoms with van der Waals surface area (Å²) in [6.07, 6.45) is -33.4. The highest BCUT2D eigenvalue weighted by Gasteiger charge is 2.61. The number of alkyl halides is 12. The van der Waals surface area contributed by atoms with Crippen LogP contribution in [-0.4, -0.2) is 78.2 Å². The molecule has 1 aliphatic heterocycles. The van der Waals surface area contributed by atoms with Crippen LogP contribution in [0.5, 0.6) is 12.0 Å². The predicted molar refractivity (Wildman–Crippen MR) is 75.9 cm³/mol. The summed E-state index contributed by atoms with van der Waals surface area (Å²) in [6, 6.07) is -3.72. The lowest BCUT2D eigenvalue weighted by molar-refractivity contribution is -0.302. The molecule has 1 saturated heterocycles. The van der Waals surface area contributed by atoms with Gasteiger partial charge in [-0.05, 0) is 0 Å². The second-order valence-corrected chi connectivity index (χ2v) is 5.96. The highest BCUT2D eigenvalue weighted by molar-refractivity contribution is 5.32. The van der Waals surface area contributed by atoms with Crippen molar-refractivity contribution in [1.82, 2.24) is 15.0 Å². The molecule has 0 atom stereocenters. The van der Waals surface area contributed by atoms with Crippen molar-refractivity contribution >= 4 is 5.95 Å². The Hall–Kier alpha value is -2.47. The van der Waals surface area contributed by atoms with Crippen LogP contribution in [0.25, 0.3) is 0 Å². The molecule has 0 saturated carbocycles. The zero-order chi connectivity index (χ0) is 24.5. The van der Waals surface area contributed by atoms with E-state index in [-0.39, 0.29) is 26.3 Å². The molecular weight excluding hydrogens is 488 g/mol. The summed E-state index contributed by atoms with van der Waals surface area (Å²) in [6.45, 7) is -0.460. The predicted octanol–water partition coefficient (Wildman–Crippen LogP) is 3.45. The molecule has 0 aliphatic carbocycles. The molecule has 0 radical (unpaired) electrons. The second kappa shape index (κ2) is 8.81. The lowest BCUT2D eigenvalue weighted by Crippen LogP contribution is -2.48. The third-order valence-corrected chi connectivity index (χ3v) is 3.51. The Balaban J connectivity index is 2.49. The third-order valence-electron chi connectivity index (χ3n) is 3.51. The highest BCUT2D eigenvalue weighted by atomic mass is 19.4. The summed E-state index contributed by atoms with van der Waals surface area (Å²) < 4.78 is 165. The van der Waals surface area contributed by atoms with Crippen LogP contribution >= 0.6 is 0 Å². The van der Waals surface area contributed by atoms with Crippen LogP contribution in [0.3, 0.4) is 0 Å². The molecule has 0 amide bonds. The molecule has 19 heteroatoms. The maximum atomic E-state index is 12.7. The first-order valence-corrected chi connectivity index (χ1v) is 8.08. The van der Waals surface area contributed by atoms with E-state index in [4.69, 9.17) is 4.74 Å². The summed E-state index contributed by atoms with van der Waals surface area (Å²) in [5.74, 6) is -0.889. The van der Waals surface area contributed by atoms with Gasteiger partial charge < -0.3 is 19.1 Å². The van der Waals surface area contributed by atoms with Gasteiger partial charge in [-0.1, -0.05) is 0 Å². The van der Waals surface area contributed by atoms with Crippen LogP contribution in [0.2, 0.25) is 0 Å². The minimum atomic E-state index is -6.08. The minimum Gasteiger partial charge on any atom is -0.440 e. The largest absolute Gasteiger partial charge is 0.440 e. The van der Waals surface area contributed by atoms with E-state index in [9.17, 15) is 52.7 Å². The standard InChI is InChI=1S/C13H10F12N4O3/c14-10(15,16)5(11(17,18)19)31-8-26-7(29-1-3-30-4-2-29)27-9(28-8)32-6(12(20,21)22)13(23,24)25/h5-6H,1-4H2. The molecule has 0 N–H and O–H groups in total. The normalized spacial score (nSPS) is 16.6. The highest BCUT2D eigenvalue weighted by Crippen LogP contribution is 2.38. The zero-order valence-corrected chi connectivity index (χ0v) is 15.0. The number of anilines is 1. The van der Waals surface area contributed by atoms with Gasteiger partial charge in [0.05, 0.1) is 13.2 Å². The molecular formula is C13H10F12N4O3. The Morgan fingerprint density at radius 3 is 1.28 bits per heavy atom. The summed E-state index contributed by atoms with van der Waals surface area (Å²) >= 11 is 0. The van der Waals surface area contributed by atoms with Crippen LogP contribution in [-0.2, 0) is 4.74 Å². The quantitative estimate of drug-likeness (QED) is 0.577. The van der Waals surface area contributed by atoms with Crippen LogP contribution in [0.4, 0.5) is 58.6 Å². The van der Waals surface area contributed by atoms with Gasteiger partial charge in [-0.15, -0.1) is 4.98 Å². The van der Waals surface area contributed by atoms with Crippen LogP contribution < -0.4 is 14.4 Å². The van der Waals surface area contributed by atoms with Crippen molar-refractivity contribution in [2.24, 2.45) is 0 Å². The van der Waals surface area contributed by atoms with Gasteiger partial charge in [0.2, 0.25) is 5.95 Å². The number of hydrogen-bond acceptors (Lipinski definition) is 7. The lowest BCUT2D eigenvalue weighted by atomic mass is 10.3. The van der Waals surface area contributed by atoms with E-state index >= 15 is 0 Å². The molecule has 1 aromatic rings. The van der Waals surface area contributed by atoms with Gasteiger partial charge in [0.25, 0.3) is 12.2 Å². The van der Waals surface area contributed by atoms with Gasteiger partial charge in [-0.2, -0.15) is 62.7 Å². The Morgan fingerprint density at radius 1 is 0.625 bits per heavy atom. The van der Waals surface area contributed by atoms with Crippen molar-refractivity contribution in [3.63, 3.8) is 0 Å². The van der Waals surface area contributed by atoms with Crippen molar-refractivity contribution in [1.29, 1.82) is 0 Å². The lowest BCUT2D eigenvalue weighted by Gasteiger charge is -2.28. The number of ether oxygens (including phenoxy) is 3. The molecule has 2 rings (SSSR count). The molecule has 0 aromatic carbocycles. The van der Waals surface area contributed by atoms with Crippen molar-refractivity contribution in [3.8, 4) is 12.0 Å². The minimum absolute atomic E-state index is 0.0699. The van der Waals surface area contributed by atoms with E-state index in [0.717, 1.165) is 4.90 Å². The summed E-state index contributed by atoms with van der Waals surface area (Å²) in [4.78, 5) is 9.90. The fraction of sp³-hybridized carbons (Fsp3) is 0.769. The second-order valence-electron chi connectivity index (χ2n) is 5.96. The van der Waals surface area contributed by atoms with E-state index in [0.29, 0.717) is 0 Å². The molecule has 2 heterocycles. The molecule has 1 aliphatic rings. The van der Waals surface area contributed by atoms with Crippen LogP contribution in [0.1, 0.15) is 0 Å². The topological polar surface area (TPSA) is 69.6 Å². The number of halogens is 12. The Labute approximate surface area is 169 Å². The number of rotatable bonds is 5. The average molecular weight is 498 g/mol. The number of hydrogen-bond donors (Lipinski definition) is 0. The summed E-state index contributed by atoms with van der Waals surface area (Å²) in [7, 11) is 0. The van der Waals surface area contributed by atoms with Crippen molar-refractivity contribution < 1.29 is 66.9 Å². The molecule has 0 unspecified atom stereocenters. The molecule has 1 fully saturated rings. The molecule has 0 spiro atoms. The van der Waals surface area contributed by atoms with Crippen LogP contribution in [0, 0.1) is 0 Å². The number of nitrogens with zero attached hydrogens (tertiary/aromatic N) is 4. The first kappa shape index (κ1) is 25.8. The van der Waals surface area contributed by atoms with Crippen molar-refractivity contribution in [2.75, 3.05) is 31.2 Å². The average Bonchev–Trinajstić information content (AvgIpc) is 2.61. The van der Waals surface area contributed by atoms with Crippen LogP contribution in [0.15, 0.2) is 0 Å².